The van der Waals surface area contributed by atoms with Gasteiger partial charge in [0.25, 0.3) is 5.56 Å². The van der Waals surface area contributed by atoms with Crippen LogP contribution in [0.1, 0.15) is 25.6 Å². The lowest BCUT2D eigenvalue weighted by Crippen LogP contribution is -2.15. The van der Waals surface area contributed by atoms with Crippen LogP contribution in [0.25, 0.3) is 0 Å². The quantitative estimate of drug-likeness (QED) is 0.660. The zero-order chi connectivity index (χ0) is 8.43. The Morgan fingerprint density at radius 3 is 2.73 bits per heavy atom. The van der Waals surface area contributed by atoms with Crippen LogP contribution in [-0.2, 0) is 0 Å². The summed E-state index contributed by atoms with van der Waals surface area (Å²) in [5.74, 6) is -0.214. The molecule has 0 spiro atoms. The number of halogens is 1. The van der Waals surface area contributed by atoms with Gasteiger partial charge in [0.15, 0.2) is 0 Å². The molecule has 0 bridgehead atoms. The molecule has 11 heavy (non-hydrogen) atoms. The van der Waals surface area contributed by atoms with Crippen LogP contribution in [0, 0.1) is 5.82 Å². The highest BCUT2D eigenvalue weighted by Crippen LogP contribution is 2.04. The van der Waals surface area contributed by atoms with E-state index in [1.807, 2.05) is 13.8 Å². The van der Waals surface area contributed by atoms with Gasteiger partial charge in [-0.1, -0.05) is 13.8 Å². The standard InChI is InChI=1S/C7H9FN2O/c1-4(2)6-9-3-5(8)7(11)10-6/h3-4H,1-2H3,(H,9,10,11). The fraction of sp³-hybridized carbons (Fsp3) is 0.429. The summed E-state index contributed by atoms with van der Waals surface area (Å²) in [4.78, 5) is 16.7. The second kappa shape index (κ2) is 2.82. The molecule has 1 rings (SSSR count). The Labute approximate surface area is 63.3 Å². The molecule has 0 amide bonds. The molecule has 1 aromatic heterocycles. The number of hydrogen-bond acceptors (Lipinski definition) is 2. The Balaban J connectivity index is 3.16. The Morgan fingerprint density at radius 2 is 2.27 bits per heavy atom. The first-order valence-corrected chi connectivity index (χ1v) is 3.36. The second-order valence-corrected chi connectivity index (χ2v) is 2.60. The zero-order valence-electron chi connectivity index (χ0n) is 6.39. The van der Waals surface area contributed by atoms with Gasteiger partial charge >= 0.3 is 0 Å². The Morgan fingerprint density at radius 1 is 1.64 bits per heavy atom. The summed E-state index contributed by atoms with van der Waals surface area (Å²) in [6.07, 6.45) is 0.939. The highest BCUT2D eigenvalue weighted by Gasteiger charge is 2.03. The van der Waals surface area contributed by atoms with Gasteiger partial charge in [-0.05, 0) is 0 Å². The van der Waals surface area contributed by atoms with Crippen LogP contribution in [0.2, 0.25) is 0 Å². The largest absolute Gasteiger partial charge is 0.308 e. The third-order valence-corrected chi connectivity index (χ3v) is 1.32. The summed E-state index contributed by atoms with van der Waals surface area (Å²) in [6, 6.07) is 0. The molecule has 1 heterocycles. The van der Waals surface area contributed by atoms with Crippen molar-refractivity contribution < 1.29 is 4.39 Å². The molecule has 0 aliphatic heterocycles. The highest BCUT2D eigenvalue weighted by molar-refractivity contribution is 4.95. The van der Waals surface area contributed by atoms with E-state index in [2.05, 4.69) is 9.97 Å². The van der Waals surface area contributed by atoms with E-state index in [0.717, 1.165) is 6.20 Å². The summed E-state index contributed by atoms with van der Waals surface area (Å²) < 4.78 is 12.4. The van der Waals surface area contributed by atoms with E-state index >= 15 is 0 Å². The van der Waals surface area contributed by atoms with Gasteiger partial charge in [0.05, 0.1) is 6.20 Å². The van der Waals surface area contributed by atoms with Crippen molar-refractivity contribution in [2.45, 2.75) is 19.8 Å². The van der Waals surface area contributed by atoms with Crippen molar-refractivity contribution >= 4 is 0 Å². The fourth-order valence-corrected chi connectivity index (χ4v) is 0.687. The maximum absolute atomic E-state index is 12.4. The van der Waals surface area contributed by atoms with E-state index < -0.39 is 11.4 Å². The van der Waals surface area contributed by atoms with Gasteiger partial charge in [0.2, 0.25) is 5.82 Å². The molecule has 3 nitrogen and oxygen atoms in total. The van der Waals surface area contributed by atoms with Crippen molar-refractivity contribution in [2.75, 3.05) is 0 Å². The molecule has 0 unspecified atom stereocenters. The van der Waals surface area contributed by atoms with Crippen LogP contribution in [0.3, 0.4) is 0 Å². The van der Waals surface area contributed by atoms with Gasteiger partial charge in [-0.2, -0.15) is 4.39 Å². The van der Waals surface area contributed by atoms with Gasteiger partial charge in [0, 0.05) is 5.92 Å². The number of rotatable bonds is 1. The SMILES string of the molecule is CC(C)c1ncc(F)c(=O)[nH]1. The van der Waals surface area contributed by atoms with E-state index in [1.165, 1.54) is 0 Å². The third-order valence-electron chi connectivity index (χ3n) is 1.32. The normalized spacial score (nSPS) is 10.5. The lowest BCUT2D eigenvalue weighted by molar-refractivity contribution is 0.589. The molecule has 1 N–H and O–H groups in total. The number of nitrogens with one attached hydrogen (secondary N) is 1. The molecule has 0 aromatic carbocycles. The maximum Gasteiger partial charge on any atom is 0.286 e. The smallest absolute Gasteiger partial charge is 0.286 e. The lowest BCUT2D eigenvalue weighted by Gasteiger charge is -2.01. The maximum atomic E-state index is 12.4. The van der Waals surface area contributed by atoms with Crippen molar-refractivity contribution in [3.05, 3.63) is 28.2 Å². The lowest BCUT2D eigenvalue weighted by atomic mass is 10.2. The Hall–Kier alpha value is -1.19. The average Bonchev–Trinajstić information content (AvgIpc) is 1.94. The molecular formula is C7H9FN2O. The number of H-pyrrole nitrogens is 1. The first-order chi connectivity index (χ1) is 5.11. The molecule has 60 valence electrons. The topological polar surface area (TPSA) is 45.8 Å². The Kier molecular flexibility index (Phi) is 2.03. The summed E-state index contributed by atoms with van der Waals surface area (Å²) in [5, 5.41) is 0. The fourth-order valence-electron chi connectivity index (χ4n) is 0.687. The van der Waals surface area contributed by atoms with Crippen LogP contribution in [0.5, 0.6) is 0 Å². The van der Waals surface area contributed by atoms with Gasteiger partial charge < -0.3 is 4.98 Å². The van der Waals surface area contributed by atoms with Crippen LogP contribution in [0.4, 0.5) is 4.39 Å². The summed E-state index contributed by atoms with van der Waals surface area (Å²) in [7, 11) is 0. The predicted molar refractivity (Wildman–Crippen MR) is 38.9 cm³/mol. The van der Waals surface area contributed by atoms with E-state index in [9.17, 15) is 9.18 Å². The number of aromatic nitrogens is 2. The van der Waals surface area contributed by atoms with Gasteiger partial charge in [-0.15, -0.1) is 0 Å². The number of hydrogen-bond donors (Lipinski definition) is 1. The molecule has 0 saturated carbocycles. The molecular weight excluding hydrogens is 147 g/mol. The van der Waals surface area contributed by atoms with Crippen LogP contribution in [0.15, 0.2) is 11.0 Å². The molecule has 0 atom stereocenters. The van der Waals surface area contributed by atoms with Crippen molar-refractivity contribution in [2.24, 2.45) is 0 Å². The van der Waals surface area contributed by atoms with Crippen LogP contribution >= 0.6 is 0 Å². The average molecular weight is 156 g/mol. The van der Waals surface area contributed by atoms with Crippen LogP contribution in [-0.4, -0.2) is 9.97 Å². The molecule has 0 aliphatic rings. The minimum Gasteiger partial charge on any atom is -0.308 e. The molecule has 0 fully saturated rings. The highest BCUT2D eigenvalue weighted by atomic mass is 19.1. The zero-order valence-corrected chi connectivity index (χ0v) is 6.39. The predicted octanol–water partition coefficient (Wildman–Crippen LogP) is 1.03. The van der Waals surface area contributed by atoms with E-state index in [1.54, 1.807) is 0 Å². The molecule has 1 aromatic rings. The second-order valence-electron chi connectivity index (χ2n) is 2.60. The van der Waals surface area contributed by atoms with Gasteiger partial charge in [-0.3, -0.25) is 4.79 Å². The summed E-state index contributed by atoms with van der Waals surface area (Å²) in [6.45, 7) is 3.74. The molecule has 0 aliphatic carbocycles. The van der Waals surface area contributed by atoms with Gasteiger partial charge in [0.1, 0.15) is 5.82 Å². The minimum atomic E-state index is -0.839. The number of nitrogens with zero attached hydrogens (tertiary/aromatic N) is 1. The van der Waals surface area contributed by atoms with Crippen molar-refractivity contribution in [3.8, 4) is 0 Å². The van der Waals surface area contributed by atoms with Gasteiger partial charge in [-0.25, -0.2) is 4.98 Å². The Bertz CT molecular complexity index is 306. The summed E-state index contributed by atoms with van der Waals surface area (Å²) in [5.41, 5.74) is -0.705. The van der Waals surface area contributed by atoms with E-state index in [4.69, 9.17) is 0 Å². The van der Waals surface area contributed by atoms with Crippen molar-refractivity contribution in [1.29, 1.82) is 0 Å². The molecule has 4 heteroatoms. The minimum absolute atomic E-state index is 0.114. The van der Waals surface area contributed by atoms with Crippen molar-refractivity contribution in [1.82, 2.24) is 9.97 Å². The summed E-state index contributed by atoms with van der Waals surface area (Å²) >= 11 is 0. The van der Waals surface area contributed by atoms with Crippen LogP contribution < -0.4 is 5.56 Å². The molecule has 0 saturated heterocycles. The monoisotopic (exact) mass is 156 g/mol. The first-order valence-electron chi connectivity index (χ1n) is 3.36. The molecule has 0 radical (unpaired) electrons. The first kappa shape index (κ1) is 7.91. The number of aromatic amines is 1. The van der Waals surface area contributed by atoms with Crippen molar-refractivity contribution in [3.63, 3.8) is 0 Å². The van der Waals surface area contributed by atoms with E-state index in [-0.39, 0.29) is 5.92 Å². The van der Waals surface area contributed by atoms with E-state index in [0.29, 0.717) is 5.82 Å². The third kappa shape index (κ3) is 1.63.